The number of allylic oxidation sites excluding steroid dienone is 2. The molecule has 0 saturated carbocycles. The molecule has 0 aromatic rings. The van der Waals surface area contributed by atoms with Crippen molar-refractivity contribution in [1.29, 1.82) is 0 Å². The van der Waals surface area contributed by atoms with Crippen LogP contribution in [-0.4, -0.2) is 243 Å². The first kappa shape index (κ1) is 86.9. The molecule has 12 atom stereocenters. The maximum atomic E-state index is 15.4. The van der Waals surface area contributed by atoms with Gasteiger partial charge in [-0.1, -0.05) is 95.2 Å². The van der Waals surface area contributed by atoms with Crippen molar-refractivity contribution in [1.82, 2.24) is 55.6 Å². The van der Waals surface area contributed by atoms with Crippen molar-refractivity contribution in [2.45, 2.75) is 267 Å². The molecule has 1 saturated heterocycles. The number of amides is 11. The highest BCUT2D eigenvalue weighted by Crippen LogP contribution is 2.27. The van der Waals surface area contributed by atoms with E-state index in [0.717, 1.165) is 4.90 Å². The molecule has 95 heavy (non-hydrogen) atoms. The quantitative estimate of drug-likeness (QED) is 0.0609. The van der Waals surface area contributed by atoms with E-state index in [4.69, 9.17) is 0 Å². The van der Waals surface area contributed by atoms with Crippen molar-refractivity contribution >= 4 is 82.5 Å². The minimum atomic E-state index is -1.59. The van der Waals surface area contributed by atoms with Crippen LogP contribution in [0.4, 0.5) is 0 Å². The van der Waals surface area contributed by atoms with E-state index in [1.54, 1.807) is 34.6 Å². The monoisotopic (exact) mass is 1360 g/mol. The van der Waals surface area contributed by atoms with Gasteiger partial charge >= 0.3 is 0 Å². The van der Waals surface area contributed by atoms with Crippen LogP contribution in [0.15, 0.2) is 12.2 Å². The average molecular weight is 1360 g/mol. The smallest absolute Gasteiger partial charge is 0.246 e. The lowest BCUT2D eigenvalue weighted by atomic mass is 9.94. The van der Waals surface area contributed by atoms with Crippen LogP contribution >= 0.6 is 11.8 Å². The predicted octanol–water partition coefficient (Wildman–Crippen LogP) is 5.66. The van der Waals surface area contributed by atoms with E-state index in [9.17, 15) is 33.9 Å². The minimum absolute atomic E-state index is 0.0251. The Morgan fingerprint density at radius 3 is 1.48 bits per heavy atom. The van der Waals surface area contributed by atoms with Crippen LogP contribution in [0.2, 0.25) is 0 Å². The van der Waals surface area contributed by atoms with Crippen molar-refractivity contribution in [2.75, 3.05) is 60.8 Å². The highest BCUT2D eigenvalue weighted by Gasteiger charge is 2.45. The summed E-state index contributed by atoms with van der Waals surface area (Å²) in [6.07, 6.45) is 6.37. The second kappa shape index (κ2) is 40.6. The average Bonchev–Trinajstić information content (AvgIpc) is 0.822. The number of thioether (sulfide) groups is 1. The van der Waals surface area contributed by atoms with Crippen LogP contribution in [0.3, 0.4) is 0 Å². The highest BCUT2D eigenvalue weighted by molar-refractivity contribution is 7.99. The molecule has 1 aliphatic heterocycles. The highest BCUT2D eigenvalue weighted by atomic mass is 32.2. The summed E-state index contributed by atoms with van der Waals surface area (Å²) in [6, 6.07) is -13.6. The first-order valence-electron chi connectivity index (χ1n) is 34.4. The molecular weight excluding hydrogens is 1230 g/mol. The van der Waals surface area contributed by atoms with Gasteiger partial charge in [0.25, 0.3) is 0 Å². The van der Waals surface area contributed by atoms with Gasteiger partial charge in [-0.15, -0.1) is 0 Å². The Hall–Kier alpha value is -6.11. The maximum absolute atomic E-state index is 15.4. The van der Waals surface area contributed by atoms with E-state index in [1.807, 2.05) is 67.5 Å². The van der Waals surface area contributed by atoms with Gasteiger partial charge in [0.1, 0.15) is 72.2 Å². The van der Waals surface area contributed by atoms with Crippen LogP contribution in [0.25, 0.3) is 0 Å². The van der Waals surface area contributed by atoms with Gasteiger partial charge in [0.05, 0.1) is 5.60 Å². The van der Waals surface area contributed by atoms with E-state index in [2.05, 4.69) is 21.3 Å². The van der Waals surface area contributed by atoms with Crippen molar-refractivity contribution < 1.29 is 62.6 Å². The van der Waals surface area contributed by atoms with Crippen LogP contribution in [-0.2, 0) is 57.5 Å². The fourth-order valence-corrected chi connectivity index (χ4v) is 12.9. The summed E-state index contributed by atoms with van der Waals surface area (Å²) in [5.74, 6) is -8.31. The number of hydrogen-bond acceptors (Lipinski definition) is 14. The number of hydrogen-bond donors (Lipinski definition) is 5. The summed E-state index contributed by atoms with van der Waals surface area (Å²) in [6.45, 7) is 31.3. The number of likely N-dealkylation sites (N-methyl/N-ethyl adjacent to an activating group) is 7. The van der Waals surface area contributed by atoms with E-state index < -0.39 is 149 Å². The molecule has 0 bridgehead atoms. The van der Waals surface area contributed by atoms with Crippen molar-refractivity contribution in [3.63, 3.8) is 0 Å². The normalized spacial score (nSPS) is 25.9. The van der Waals surface area contributed by atoms with Gasteiger partial charge in [0, 0.05) is 67.9 Å². The van der Waals surface area contributed by atoms with Gasteiger partial charge in [-0.3, -0.25) is 52.7 Å². The van der Waals surface area contributed by atoms with Crippen molar-refractivity contribution in [3.05, 3.63) is 12.2 Å². The topological polar surface area (TPSA) is 296 Å². The van der Waals surface area contributed by atoms with Crippen molar-refractivity contribution in [3.8, 4) is 0 Å². The second-order valence-corrected chi connectivity index (χ2v) is 30.4. The van der Waals surface area contributed by atoms with Crippen LogP contribution in [0, 0.1) is 35.5 Å². The van der Waals surface area contributed by atoms with Crippen LogP contribution in [0.5, 0.6) is 0 Å². The lowest BCUT2D eigenvalue weighted by molar-refractivity contribution is -0.156. The standard InChI is InChI=1S/C70H125N11O13S/c1-26-28-30-46(13)38-53-61(85)73-50(27-2)64(88)80(24)56(40-95-36-29-31-47(14)82)67(91)79(23)55(39-70(17,18)94)62(86)74-57(44(9)10)68(92)75(19)51(34-32-41(3)4)60(84)71-48(15)59(83)72-49(16)63(87)78(22)54(37-43(7)8)66(90)76(20)52(35-33-42(5)6)65(89)81(25)58(45(11)12)69(93)77(53)21/h26,28,41-46,48-58,94H,27,29-40H2,1-25H3,(H,71,84)(H,72,83)(H,73,85)(H,74,86)/b28-26+/t46-,48-,49+,50-,51-,52-,53-,54+,55+,56-,57-,58-/m1/s1. The summed E-state index contributed by atoms with van der Waals surface area (Å²) in [7, 11) is 10.1. The lowest BCUT2D eigenvalue weighted by Crippen LogP contribution is -2.62. The molecule has 1 fully saturated rings. The first-order valence-corrected chi connectivity index (χ1v) is 35.5. The molecular formula is C70H125N11O13S. The number of ketones is 1. The molecule has 0 spiro atoms. The molecule has 0 aromatic carbocycles. The van der Waals surface area contributed by atoms with Gasteiger partial charge < -0.3 is 65.5 Å². The SMILES string of the molecule is C/C=C/C[C@@H](C)C[C@@H]1C(=O)N[C@H](CC)C(=O)N(C)[C@H](CSCCCC(C)=O)C(=O)N(C)[C@@H](CC(C)(C)O)C(=O)N[C@H](C(C)C)C(=O)N(C)[C@H](CCC(C)C)C(=O)N[C@H](C)C(=O)N[C@@H](C)C(=O)N(C)[C@@H](CC(C)C)C(=O)N(C)[C@H](CCC(C)C)C(=O)N(C)[C@H](C(C)C)C(=O)N1C. The molecule has 5 N–H and O–H groups in total. The summed E-state index contributed by atoms with van der Waals surface area (Å²) < 4.78 is 0. The van der Waals surface area contributed by atoms with Crippen LogP contribution in [0.1, 0.15) is 195 Å². The number of rotatable bonds is 23. The van der Waals surface area contributed by atoms with Gasteiger partial charge in [0.2, 0.25) is 65.0 Å². The van der Waals surface area contributed by atoms with Gasteiger partial charge in [-0.05, 0) is 141 Å². The molecule has 11 amide bonds. The lowest BCUT2D eigenvalue weighted by Gasteiger charge is -2.41. The molecule has 0 unspecified atom stereocenters. The first-order chi connectivity index (χ1) is 43.9. The third-order valence-corrected chi connectivity index (χ3v) is 19.1. The molecule has 0 aromatic heterocycles. The summed E-state index contributed by atoms with van der Waals surface area (Å²) >= 11 is 1.30. The fourth-order valence-electron chi connectivity index (χ4n) is 11.8. The minimum Gasteiger partial charge on any atom is -0.390 e. The largest absolute Gasteiger partial charge is 0.390 e. The zero-order valence-electron chi connectivity index (χ0n) is 62.5. The van der Waals surface area contributed by atoms with E-state index in [1.165, 1.54) is 125 Å². The third kappa shape index (κ3) is 27.0. The van der Waals surface area contributed by atoms with Gasteiger partial charge in [-0.25, -0.2) is 0 Å². The Morgan fingerprint density at radius 2 is 0.989 bits per heavy atom. The Bertz CT molecular complexity index is 2610. The predicted molar refractivity (Wildman–Crippen MR) is 374 cm³/mol. The van der Waals surface area contributed by atoms with Crippen LogP contribution < -0.4 is 21.3 Å². The maximum Gasteiger partial charge on any atom is 0.246 e. The van der Waals surface area contributed by atoms with E-state index >= 15 is 28.8 Å². The summed E-state index contributed by atoms with van der Waals surface area (Å²) in [5.41, 5.74) is -1.59. The van der Waals surface area contributed by atoms with E-state index in [-0.39, 0.29) is 80.2 Å². The molecule has 1 aliphatic rings. The summed E-state index contributed by atoms with van der Waals surface area (Å²) in [4.78, 5) is 185. The molecule has 25 heteroatoms. The number of carbonyl (C=O) groups excluding carboxylic acids is 12. The fraction of sp³-hybridized carbons (Fsp3) is 0.800. The van der Waals surface area contributed by atoms with Gasteiger partial charge in [-0.2, -0.15) is 11.8 Å². The Morgan fingerprint density at radius 1 is 0.526 bits per heavy atom. The Kier molecular flexibility index (Phi) is 37.1. The molecule has 24 nitrogen and oxygen atoms in total. The Labute approximate surface area is 574 Å². The number of carbonyl (C=O) groups is 12. The second-order valence-electron chi connectivity index (χ2n) is 29.2. The number of Topliss-reactive ketones (excluding diaryl/α,β-unsaturated/α-hetero) is 1. The zero-order chi connectivity index (χ0) is 73.4. The third-order valence-electron chi connectivity index (χ3n) is 18.0. The molecule has 1 heterocycles. The molecule has 0 aliphatic carbocycles. The molecule has 1 rings (SSSR count). The Balaban J connectivity index is 4.55. The number of nitrogens with one attached hydrogen (secondary N) is 4. The molecule has 0 radical (unpaired) electrons. The summed E-state index contributed by atoms with van der Waals surface area (Å²) in [5, 5.41) is 22.6. The van der Waals surface area contributed by atoms with E-state index in [0.29, 0.717) is 31.4 Å². The number of nitrogens with zero attached hydrogens (tertiary/aromatic N) is 7. The zero-order valence-corrected chi connectivity index (χ0v) is 63.4. The van der Waals surface area contributed by atoms with Crippen molar-refractivity contribution in [2.24, 2.45) is 35.5 Å². The number of aliphatic hydroxyl groups is 1. The van der Waals surface area contributed by atoms with Gasteiger partial charge in [0.15, 0.2) is 0 Å². The molecule has 544 valence electrons.